The van der Waals surface area contributed by atoms with E-state index in [0.717, 1.165) is 10.2 Å². The van der Waals surface area contributed by atoms with Crippen molar-refractivity contribution in [2.75, 3.05) is 0 Å². The smallest absolute Gasteiger partial charge is 0.352 e. The summed E-state index contributed by atoms with van der Waals surface area (Å²) in [6, 6.07) is 8.76. The van der Waals surface area contributed by atoms with E-state index in [1.54, 1.807) is 6.20 Å². The Balaban J connectivity index is 2.59. The Hall–Kier alpha value is -1.26. The molecule has 2 rings (SSSR count). The van der Waals surface area contributed by atoms with Gasteiger partial charge in [0, 0.05) is 16.4 Å². The summed E-state index contributed by atoms with van der Waals surface area (Å²) >= 11 is 9.14. The van der Waals surface area contributed by atoms with E-state index >= 15 is 0 Å². The first-order valence-corrected chi connectivity index (χ1v) is 5.62. The third-order valence-corrected chi connectivity index (χ3v) is 2.79. The summed E-state index contributed by atoms with van der Waals surface area (Å²) in [7, 11) is 0. The first-order chi connectivity index (χ1) is 7.58. The molecule has 1 heterocycles. The second-order valence-electron chi connectivity index (χ2n) is 3.20. The van der Waals surface area contributed by atoms with Crippen LogP contribution >= 0.6 is 27.5 Å². The maximum atomic E-state index is 11.0. The van der Waals surface area contributed by atoms with E-state index in [1.165, 1.54) is 10.6 Å². The number of hydrogen-bond donors (Lipinski definition) is 1. The highest BCUT2D eigenvalue weighted by Crippen LogP contribution is 2.21. The molecule has 1 aromatic carbocycles. The van der Waals surface area contributed by atoms with Crippen molar-refractivity contribution in [1.29, 1.82) is 0 Å². The SMILES string of the molecule is O=C(O)c1cc(Cl)cn1-c1cccc(Br)c1. The van der Waals surface area contributed by atoms with Gasteiger partial charge in [-0.05, 0) is 24.3 Å². The van der Waals surface area contributed by atoms with E-state index in [-0.39, 0.29) is 5.69 Å². The fourth-order valence-corrected chi connectivity index (χ4v) is 2.02. The molecule has 0 aliphatic carbocycles. The van der Waals surface area contributed by atoms with E-state index < -0.39 is 5.97 Å². The number of carboxylic acids is 1. The highest BCUT2D eigenvalue weighted by Gasteiger charge is 2.12. The largest absolute Gasteiger partial charge is 0.477 e. The van der Waals surface area contributed by atoms with Crippen LogP contribution in [0.25, 0.3) is 5.69 Å². The summed E-state index contributed by atoms with van der Waals surface area (Å²) in [4.78, 5) is 11.0. The van der Waals surface area contributed by atoms with Crippen molar-refractivity contribution in [3.8, 4) is 5.69 Å². The summed E-state index contributed by atoms with van der Waals surface area (Å²) in [5, 5.41) is 9.42. The van der Waals surface area contributed by atoms with E-state index in [0.29, 0.717) is 5.02 Å². The van der Waals surface area contributed by atoms with Crippen LogP contribution < -0.4 is 0 Å². The number of benzene rings is 1. The monoisotopic (exact) mass is 299 g/mol. The molecule has 16 heavy (non-hydrogen) atoms. The normalized spacial score (nSPS) is 10.4. The lowest BCUT2D eigenvalue weighted by molar-refractivity contribution is 0.0688. The predicted molar refractivity (Wildman–Crippen MR) is 65.4 cm³/mol. The zero-order valence-electron chi connectivity index (χ0n) is 8.02. The Morgan fingerprint density at radius 2 is 2.12 bits per heavy atom. The molecule has 0 saturated carbocycles. The van der Waals surface area contributed by atoms with Crippen LogP contribution in [0.1, 0.15) is 10.5 Å². The number of hydrogen-bond acceptors (Lipinski definition) is 1. The van der Waals surface area contributed by atoms with Crippen LogP contribution in [0.4, 0.5) is 0 Å². The zero-order chi connectivity index (χ0) is 11.7. The van der Waals surface area contributed by atoms with Gasteiger partial charge >= 0.3 is 5.97 Å². The number of nitrogens with zero attached hydrogens (tertiary/aromatic N) is 1. The predicted octanol–water partition coefficient (Wildman–Crippen LogP) is 3.59. The van der Waals surface area contributed by atoms with Gasteiger partial charge in [0.05, 0.1) is 5.02 Å². The molecule has 1 N–H and O–H groups in total. The van der Waals surface area contributed by atoms with Crippen molar-refractivity contribution in [2.24, 2.45) is 0 Å². The Labute approximate surface area is 105 Å². The molecule has 0 radical (unpaired) electrons. The second-order valence-corrected chi connectivity index (χ2v) is 4.55. The van der Waals surface area contributed by atoms with Crippen molar-refractivity contribution in [3.05, 3.63) is 51.7 Å². The average Bonchev–Trinajstić information content (AvgIpc) is 2.60. The van der Waals surface area contributed by atoms with Gasteiger partial charge in [-0.15, -0.1) is 0 Å². The van der Waals surface area contributed by atoms with Gasteiger partial charge < -0.3 is 9.67 Å². The van der Waals surface area contributed by atoms with Gasteiger partial charge in [-0.3, -0.25) is 0 Å². The van der Waals surface area contributed by atoms with Crippen molar-refractivity contribution in [1.82, 2.24) is 4.57 Å². The Kier molecular flexibility index (Phi) is 3.03. The minimum Gasteiger partial charge on any atom is -0.477 e. The molecular weight excluding hydrogens is 293 g/mol. The Morgan fingerprint density at radius 3 is 2.75 bits per heavy atom. The van der Waals surface area contributed by atoms with E-state index in [2.05, 4.69) is 15.9 Å². The molecule has 1 aromatic heterocycles. The molecule has 3 nitrogen and oxygen atoms in total. The lowest BCUT2D eigenvalue weighted by Crippen LogP contribution is -2.05. The molecule has 5 heteroatoms. The maximum absolute atomic E-state index is 11.0. The van der Waals surface area contributed by atoms with Gasteiger partial charge in [0.25, 0.3) is 0 Å². The average molecular weight is 301 g/mol. The van der Waals surface area contributed by atoms with Crippen molar-refractivity contribution < 1.29 is 9.90 Å². The zero-order valence-corrected chi connectivity index (χ0v) is 10.4. The molecule has 0 spiro atoms. The van der Waals surface area contributed by atoms with Crippen LogP contribution in [0.5, 0.6) is 0 Å². The lowest BCUT2D eigenvalue weighted by atomic mass is 10.3. The summed E-state index contributed by atoms with van der Waals surface area (Å²) in [6.45, 7) is 0. The minimum atomic E-state index is -1.01. The molecule has 0 unspecified atom stereocenters. The molecule has 0 aliphatic heterocycles. The van der Waals surface area contributed by atoms with Crippen LogP contribution in [0.3, 0.4) is 0 Å². The maximum Gasteiger partial charge on any atom is 0.352 e. The summed E-state index contributed by atoms with van der Waals surface area (Å²) in [5.41, 5.74) is 0.891. The molecule has 0 atom stereocenters. The van der Waals surface area contributed by atoms with Gasteiger partial charge in [-0.2, -0.15) is 0 Å². The molecule has 0 bridgehead atoms. The van der Waals surface area contributed by atoms with Crippen molar-refractivity contribution in [3.63, 3.8) is 0 Å². The van der Waals surface area contributed by atoms with Crippen LogP contribution in [-0.2, 0) is 0 Å². The molecule has 0 aliphatic rings. The van der Waals surface area contributed by atoms with Crippen molar-refractivity contribution in [2.45, 2.75) is 0 Å². The number of rotatable bonds is 2. The van der Waals surface area contributed by atoms with Crippen LogP contribution in [-0.4, -0.2) is 15.6 Å². The number of aromatic carboxylic acids is 1. The fraction of sp³-hybridized carbons (Fsp3) is 0. The molecule has 0 amide bonds. The fourth-order valence-electron chi connectivity index (χ4n) is 1.43. The van der Waals surface area contributed by atoms with E-state index in [1.807, 2.05) is 24.3 Å². The van der Waals surface area contributed by atoms with Crippen molar-refractivity contribution >= 4 is 33.5 Å². The number of halogens is 2. The summed E-state index contributed by atoms with van der Waals surface area (Å²) < 4.78 is 2.42. The molecule has 82 valence electrons. The lowest BCUT2D eigenvalue weighted by Gasteiger charge is -2.06. The second kappa shape index (κ2) is 4.31. The third kappa shape index (κ3) is 2.13. The number of carbonyl (C=O) groups is 1. The van der Waals surface area contributed by atoms with Gasteiger partial charge in [0.2, 0.25) is 0 Å². The van der Waals surface area contributed by atoms with Gasteiger partial charge in [-0.25, -0.2) is 4.79 Å². The van der Waals surface area contributed by atoms with Crippen LogP contribution in [0.2, 0.25) is 5.02 Å². The third-order valence-electron chi connectivity index (χ3n) is 2.09. The summed E-state index contributed by atoms with van der Waals surface area (Å²) in [6.07, 6.45) is 1.58. The van der Waals surface area contributed by atoms with Gasteiger partial charge in [0.15, 0.2) is 0 Å². The van der Waals surface area contributed by atoms with Crippen LogP contribution in [0, 0.1) is 0 Å². The Bertz CT molecular complexity index is 551. The standard InChI is InChI=1S/C11H7BrClNO2/c12-7-2-1-3-9(4-7)14-6-8(13)5-10(14)11(15)16/h1-6H,(H,15,16). The van der Waals surface area contributed by atoms with E-state index in [4.69, 9.17) is 16.7 Å². The minimum absolute atomic E-state index is 0.142. The molecular formula is C11H7BrClNO2. The molecule has 0 saturated heterocycles. The first kappa shape index (κ1) is 11.2. The van der Waals surface area contributed by atoms with Gasteiger partial charge in [0.1, 0.15) is 5.69 Å². The van der Waals surface area contributed by atoms with E-state index in [9.17, 15) is 4.79 Å². The highest BCUT2D eigenvalue weighted by molar-refractivity contribution is 9.10. The van der Waals surface area contributed by atoms with Crippen LogP contribution in [0.15, 0.2) is 41.0 Å². The molecule has 2 aromatic rings. The number of aromatic nitrogens is 1. The highest BCUT2D eigenvalue weighted by atomic mass is 79.9. The first-order valence-electron chi connectivity index (χ1n) is 4.45. The number of carboxylic acid groups (broad SMARTS) is 1. The summed E-state index contributed by atoms with van der Waals surface area (Å²) in [5.74, 6) is -1.01. The van der Waals surface area contributed by atoms with Gasteiger partial charge in [-0.1, -0.05) is 33.6 Å². The topological polar surface area (TPSA) is 42.2 Å². The quantitative estimate of drug-likeness (QED) is 0.921. The molecule has 0 fully saturated rings. The Morgan fingerprint density at radius 1 is 1.38 bits per heavy atom.